The molecule has 0 atom stereocenters. The average molecular weight is 263 g/mol. The highest BCUT2D eigenvalue weighted by molar-refractivity contribution is 5.96. The van der Waals surface area contributed by atoms with Crippen molar-refractivity contribution in [2.75, 3.05) is 11.5 Å². The number of hydrogen-bond acceptors (Lipinski definition) is 3. The van der Waals surface area contributed by atoms with E-state index in [2.05, 4.69) is 12.2 Å². The van der Waals surface area contributed by atoms with Crippen LogP contribution in [0.15, 0.2) is 18.2 Å². The van der Waals surface area contributed by atoms with Crippen LogP contribution in [0.5, 0.6) is 0 Å². The number of anilines is 2. The number of carbonyl (C=O) groups excluding carboxylic acids is 1. The van der Waals surface area contributed by atoms with Crippen LogP contribution < -0.4 is 16.8 Å². The standard InChI is InChI=1S/C15H25N3O/c1-4-5-6-7-15(2,3)18-14(19)11-8-12(16)10-13(17)9-11/h8-10H,4-7,16-17H2,1-3H3,(H,18,19). The van der Waals surface area contributed by atoms with Gasteiger partial charge in [-0.1, -0.05) is 26.2 Å². The van der Waals surface area contributed by atoms with E-state index < -0.39 is 0 Å². The summed E-state index contributed by atoms with van der Waals surface area (Å²) in [6.45, 7) is 6.24. The van der Waals surface area contributed by atoms with E-state index in [-0.39, 0.29) is 11.4 Å². The highest BCUT2D eigenvalue weighted by Gasteiger charge is 2.20. The molecular formula is C15H25N3O. The van der Waals surface area contributed by atoms with Crippen LogP contribution >= 0.6 is 0 Å². The van der Waals surface area contributed by atoms with E-state index in [0.29, 0.717) is 16.9 Å². The number of amides is 1. The Kier molecular flexibility index (Phi) is 5.21. The van der Waals surface area contributed by atoms with Crippen LogP contribution in [0.25, 0.3) is 0 Å². The molecule has 5 N–H and O–H groups in total. The van der Waals surface area contributed by atoms with Crippen molar-refractivity contribution in [1.82, 2.24) is 5.32 Å². The lowest BCUT2D eigenvalue weighted by molar-refractivity contribution is 0.0908. The maximum Gasteiger partial charge on any atom is 0.251 e. The molecule has 0 spiro atoms. The van der Waals surface area contributed by atoms with Gasteiger partial charge >= 0.3 is 0 Å². The summed E-state index contributed by atoms with van der Waals surface area (Å²) in [5.41, 5.74) is 12.7. The second kappa shape index (κ2) is 6.45. The predicted molar refractivity (Wildman–Crippen MR) is 81.0 cm³/mol. The second-order valence-corrected chi connectivity index (χ2v) is 5.68. The Morgan fingerprint density at radius 3 is 2.26 bits per heavy atom. The molecule has 0 aliphatic carbocycles. The van der Waals surface area contributed by atoms with Crippen LogP contribution in [0.1, 0.15) is 56.8 Å². The minimum Gasteiger partial charge on any atom is -0.399 e. The maximum atomic E-state index is 12.2. The molecule has 1 aromatic rings. The molecule has 0 fully saturated rings. The van der Waals surface area contributed by atoms with Crippen molar-refractivity contribution in [3.63, 3.8) is 0 Å². The molecular weight excluding hydrogens is 238 g/mol. The Morgan fingerprint density at radius 2 is 1.74 bits per heavy atom. The van der Waals surface area contributed by atoms with Gasteiger partial charge in [0.2, 0.25) is 0 Å². The molecule has 4 nitrogen and oxygen atoms in total. The molecule has 4 heteroatoms. The molecule has 0 saturated carbocycles. The summed E-state index contributed by atoms with van der Waals surface area (Å²) < 4.78 is 0. The first-order valence-corrected chi connectivity index (χ1v) is 6.82. The summed E-state index contributed by atoms with van der Waals surface area (Å²) in [5, 5.41) is 3.04. The molecule has 1 rings (SSSR count). The first kappa shape index (κ1) is 15.3. The first-order valence-electron chi connectivity index (χ1n) is 6.82. The summed E-state index contributed by atoms with van der Waals surface area (Å²) in [5.74, 6) is -0.125. The lowest BCUT2D eigenvalue weighted by Crippen LogP contribution is -2.43. The van der Waals surface area contributed by atoms with Gasteiger partial charge in [-0.25, -0.2) is 0 Å². The van der Waals surface area contributed by atoms with Gasteiger partial charge in [-0.15, -0.1) is 0 Å². The van der Waals surface area contributed by atoms with Crippen molar-refractivity contribution in [3.8, 4) is 0 Å². The van der Waals surface area contributed by atoms with Crippen LogP contribution in [-0.2, 0) is 0 Å². The van der Waals surface area contributed by atoms with Crippen LogP contribution in [0.2, 0.25) is 0 Å². The van der Waals surface area contributed by atoms with Crippen LogP contribution in [0, 0.1) is 0 Å². The monoisotopic (exact) mass is 263 g/mol. The quantitative estimate of drug-likeness (QED) is 0.545. The molecule has 1 aromatic carbocycles. The van der Waals surface area contributed by atoms with E-state index in [1.165, 1.54) is 12.8 Å². The highest BCUT2D eigenvalue weighted by Crippen LogP contribution is 2.17. The molecule has 106 valence electrons. The smallest absolute Gasteiger partial charge is 0.251 e. The predicted octanol–water partition coefficient (Wildman–Crippen LogP) is 2.94. The number of nitrogens with one attached hydrogen (secondary N) is 1. The molecule has 19 heavy (non-hydrogen) atoms. The van der Waals surface area contributed by atoms with Crippen molar-refractivity contribution >= 4 is 17.3 Å². The van der Waals surface area contributed by atoms with Gasteiger partial charge in [-0.2, -0.15) is 0 Å². The van der Waals surface area contributed by atoms with Crippen LogP contribution in [0.3, 0.4) is 0 Å². The van der Waals surface area contributed by atoms with E-state index >= 15 is 0 Å². The lowest BCUT2D eigenvalue weighted by Gasteiger charge is -2.26. The van der Waals surface area contributed by atoms with Crippen molar-refractivity contribution in [1.29, 1.82) is 0 Å². The van der Waals surface area contributed by atoms with E-state index in [4.69, 9.17) is 11.5 Å². The number of rotatable bonds is 6. The largest absolute Gasteiger partial charge is 0.399 e. The molecule has 0 saturated heterocycles. The minimum atomic E-state index is -0.217. The van der Waals surface area contributed by atoms with Crippen molar-refractivity contribution in [3.05, 3.63) is 23.8 Å². The maximum absolute atomic E-state index is 12.2. The number of carbonyl (C=O) groups is 1. The molecule has 1 amide bonds. The van der Waals surface area contributed by atoms with Gasteiger partial charge in [0.25, 0.3) is 5.91 Å². The molecule has 0 bridgehead atoms. The summed E-state index contributed by atoms with van der Waals surface area (Å²) in [6.07, 6.45) is 4.44. The van der Waals surface area contributed by atoms with Crippen molar-refractivity contribution in [2.24, 2.45) is 0 Å². The van der Waals surface area contributed by atoms with Gasteiger partial charge in [0.05, 0.1) is 0 Å². The number of nitrogens with two attached hydrogens (primary N) is 2. The van der Waals surface area contributed by atoms with E-state index in [9.17, 15) is 4.79 Å². The lowest BCUT2D eigenvalue weighted by atomic mass is 9.96. The molecule has 0 aliphatic rings. The third kappa shape index (κ3) is 5.20. The first-order chi connectivity index (χ1) is 8.84. The summed E-state index contributed by atoms with van der Waals surface area (Å²) in [7, 11) is 0. The molecule has 0 aliphatic heterocycles. The Bertz CT molecular complexity index is 421. The van der Waals surface area contributed by atoms with Gasteiger partial charge in [0.15, 0.2) is 0 Å². The zero-order chi connectivity index (χ0) is 14.5. The number of hydrogen-bond donors (Lipinski definition) is 3. The van der Waals surface area contributed by atoms with Gasteiger partial charge < -0.3 is 16.8 Å². The normalized spacial score (nSPS) is 11.3. The number of benzene rings is 1. The Hall–Kier alpha value is -1.71. The molecule has 0 radical (unpaired) electrons. The molecule has 0 aromatic heterocycles. The van der Waals surface area contributed by atoms with E-state index in [0.717, 1.165) is 12.8 Å². The third-order valence-corrected chi connectivity index (χ3v) is 3.10. The molecule has 0 unspecified atom stereocenters. The van der Waals surface area contributed by atoms with Gasteiger partial charge in [-0.05, 0) is 38.5 Å². The van der Waals surface area contributed by atoms with Gasteiger partial charge in [0, 0.05) is 22.5 Å². The zero-order valence-corrected chi connectivity index (χ0v) is 12.1. The Morgan fingerprint density at radius 1 is 1.16 bits per heavy atom. The number of nitrogen functional groups attached to an aromatic ring is 2. The molecule has 0 heterocycles. The Balaban J connectivity index is 2.67. The zero-order valence-electron chi connectivity index (χ0n) is 12.1. The summed E-state index contributed by atoms with van der Waals surface area (Å²) >= 11 is 0. The van der Waals surface area contributed by atoms with E-state index in [1.807, 2.05) is 13.8 Å². The van der Waals surface area contributed by atoms with Crippen LogP contribution in [-0.4, -0.2) is 11.4 Å². The topological polar surface area (TPSA) is 81.1 Å². The fourth-order valence-electron chi connectivity index (χ4n) is 2.07. The third-order valence-electron chi connectivity index (χ3n) is 3.10. The summed E-state index contributed by atoms with van der Waals surface area (Å²) in [6, 6.07) is 4.94. The van der Waals surface area contributed by atoms with E-state index in [1.54, 1.807) is 18.2 Å². The van der Waals surface area contributed by atoms with Crippen molar-refractivity contribution in [2.45, 2.75) is 52.0 Å². The van der Waals surface area contributed by atoms with Crippen molar-refractivity contribution < 1.29 is 4.79 Å². The van der Waals surface area contributed by atoms with Crippen LogP contribution in [0.4, 0.5) is 11.4 Å². The average Bonchev–Trinajstić information content (AvgIpc) is 2.27. The van der Waals surface area contributed by atoms with Gasteiger partial charge in [-0.3, -0.25) is 4.79 Å². The summed E-state index contributed by atoms with van der Waals surface area (Å²) in [4.78, 5) is 12.2. The minimum absolute atomic E-state index is 0.125. The number of unbranched alkanes of at least 4 members (excludes halogenated alkanes) is 2. The Labute approximate surface area is 115 Å². The fourth-order valence-corrected chi connectivity index (χ4v) is 2.07. The fraction of sp³-hybridized carbons (Fsp3) is 0.533. The SMILES string of the molecule is CCCCCC(C)(C)NC(=O)c1cc(N)cc(N)c1. The van der Waals surface area contributed by atoms with Gasteiger partial charge in [0.1, 0.15) is 0 Å². The highest BCUT2D eigenvalue weighted by atomic mass is 16.1. The second-order valence-electron chi connectivity index (χ2n) is 5.68.